The van der Waals surface area contributed by atoms with Crippen LogP contribution in [0.5, 0.6) is 0 Å². The number of allylic oxidation sites excluding steroid dienone is 14. The molecule has 0 heterocycles. The van der Waals surface area contributed by atoms with Crippen LogP contribution in [0.1, 0.15) is 148 Å². The molecule has 0 fully saturated rings. The number of carbonyl (C=O) groups is 2. The molecule has 302 valence electrons. The van der Waals surface area contributed by atoms with Crippen LogP contribution in [0.3, 0.4) is 0 Å². The maximum atomic E-state index is 12.4. The minimum Gasteiger partial charge on any atom is -0.462 e. The fraction of sp³-hybridized carbons (Fsp3) is 0.628. The van der Waals surface area contributed by atoms with Gasteiger partial charge >= 0.3 is 19.8 Å². The third-order valence-corrected chi connectivity index (χ3v) is 8.43. The predicted molar refractivity (Wildman–Crippen MR) is 217 cm³/mol. The summed E-state index contributed by atoms with van der Waals surface area (Å²) in [5.41, 5.74) is 0. The van der Waals surface area contributed by atoms with Crippen molar-refractivity contribution in [3.8, 4) is 0 Å². The summed E-state index contributed by atoms with van der Waals surface area (Å²) in [7, 11) is -4.78. The van der Waals surface area contributed by atoms with E-state index in [1.165, 1.54) is 25.7 Å². The lowest BCUT2D eigenvalue weighted by Crippen LogP contribution is -2.29. The first-order valence-corrected chi connectivity index (χ1v) is 21.5. The normalized spacial score (nSPS) is 13.4. The lowest BCUT2D eigenvalue weighted by atomic mass is 10.1. The zero-order chi connectivity index (χ0) is 38.9. The van der Waals surface area contributed by atoms with Crippen LogP contribution >= 0.6 is 7.82 Å². The number of ether oxygens (including phenoxy) is 2. The third-order valence-electron chi connectivity index (χ3n) is 7.94. The number of phosphoric ester groups is 1. The van der Waals surface area contributed by atoms with E-state index in [-0.39, 0.29) is 26.1 Å². The Morgan fingerprint density at radius 2 is 0.943 bits per heavy atom. The molecule has 0 bridgehead atoms. The molecular weight excluding hydrogens is 691 g/mol. The smallest absolute Gasteiger partial charge is 0.462 e. The molecule has 0 rings (SSSR count). The van der Waals surface area contributed by atoms with Crippen LogP contribution in [0.2, 0.25) is 0 Å². The van der Waals surface area contributed by atoms with Crippen molar-refractivity contribution in [2.75, 3.05) is 19.8 Å². The summed E-state index contributed by atoms with van der Waals surface area (Å²) in [6.45, 7) is 1.59. The minimum atomic E-state index is -4.78. The van der Waals surface area contributed by atoms with Crippen LogP contribution in [-0.4, -0.2) is 52.8 Å². The molecule has 1 atom stereocenters. The fourth-order valence-corrected chi connectivity index (χ4v) is 5.30. The number of aliphatic hydroxyl groups excluding tert-OH is 1. The second-order valence-electron chi connectivity index (χ2n) is 13.0. The quantitative estimate of drug-likeness (QED) is 0.0246. The van der Waals surface area contributed by atoms with Crippen LogP contribution in [0.25, 0.3) is 0 Å². The highest BCUT2D eigenvalue weighted by molar-refractivity contribution is 7.46. The van der Waals surface area contributed by atoms with Crippen molar-refractivity contribution in [2.24, 2.45) is 0 Å². The van der Waals surface area contributed by atoms with Gasteiger partial charge in [0.2, 0.25) is 0 Å². The highest BCUT2D eigenvalue weighted by Crippen LogP contribution is 2.36. The maximum Gasteiger partial charge on any atom is 0.469 e. The third kappa shape index (κ3) is 41.8. The Labute approximate surface area is 321 Å². The highest BCUT2D eigenvalue weighted by atomic mass is 31.2. The summed E-state index contributed by atoms with van der Waals surface area (Å²) >= 11 is 0. The van der Waals surface area contributed by atoms with Gasteiger partial charge in [0, 0.05) is 19.4 Å². The summed E-state index contributed by atoms with van der Waals surface area (Å²) in [5.74, 6) is -0.999. The minimum absolute atomic E-state index is 0.116. The number of unbranched alkanes of at least 4 members (excludes halogenated alkanes) is 11. The largest absolute Gasteiger partial charge is 0.469 e. The van der Waals surface area contributed by atoms with E-state index in [1.54, 1.807) is 0 Å². The lowest BCUT2D eigenvalue weighted by molar-refractivity contribution is -0.161. The molecule has 0 radical (unpaired) electrons. The second kappa shape index (κ2) is 38.9. The van der Waals surface area contributed by atoms with Crippen molar-refractivity contribution in [1.82, 2.24) is 0 Å². The molecule has 0 unspecified atom stereocenters. The van der Waals surface area contributed by atoms with Gasteiger partial charge in [0.1, 0.15) is 6.61 Å². The van der Waals surface area contributed by atoms with E-state index < -0.39 is 32.5 Å². The van der Waals surface area contributed by atoms with Crippen LogP contribution in [0.4, 0.5) is 0 Å². The van der Waals surface area contributed by atoms with Crippen molar-refractivity contribution >= 4 is 19.8 Å². The molecule has 0 saturated heterocycles. The summed E-state index contributed by atoms with van der Waals surface area (Å²) in [4.78, 5) is 42.8. The molecular formula is C43H71O9P. The average Bonchev–Trinajstić information content (AvgIpc) is 3.13. The van der Waals surface area contributed by atoms with Crippen molar-refractivity contribution in [3.05, 3.63) is 85.1 Å². The van der Waals surface area contributed by atoms with E-state index in [2.05, 4.69) is 84.4 Å². The van der Waals surface area contributed by atoms with Crippen molar-refractivity contribution in [3.63, 3.8) is 0 Å². The van der Waals surface area contributed by atoms with Gasteiger partial charge in [-0.2, -0.15) is 0 Å². The Bertz CT molecular complexity index is 1130. The second-order valence-corrected chi connectivity index (χ2v) is 14.2. The molecule has 0 saturated carbocycles. The monoisotopic (exact) mass is 762 g/mol. The number of phosphoric acid groups is 1. The zero-order valence-electron chi connectivity index (χ0n) is 32.6. The standard InChI is InChI=1S/C43H71O9P/c1-2-3-4-5-6-7-8-9-10-12-15-18-21-24-27-30-33-36-42(45)50-39-41(40-51-53(47,48)49)52-43(46)37-34-31-28-25-22-19-16-13-11-14-17-20-23-26-29-32-35-38-44/h6-7,9-11,14-16,18-20,23,25,28,41,44H,2-5,8,12-13,17,21-22,24,26-27,29-40H2,1H3,(H2,47,48,49)/b7-6-,10-9-,14-11-,18-15-,19-16-,23-20-,28-25-/t41-/m1/s1. The van der Waals surface area contributed by atoms with E-state index in [0.717, 1.165) is 83.5 Å². The number of aliphatic hydroxyl groups is 1. The number of hydrogen-bond donors (Lipinski definition) is 3. The van der Waals surface area contributed by atoms with E-state index in [9.17, 15) is 14.2 Å². The molecule has 0 aliphatic heterocycles. The molecule has 10 heteroatoms. The SMILES string of the molecule is CCCCC/C=C\C/C=C\C/C=C\CCCCCCC(=O)OC[C@H](COP(=O)(O)O)OC(=O)CCC/C=C\C/C=C\C/C=C\C/C=C\CCCCCO. The van der Waals surface area contributed by atoms with Gasteiger partial charge in [-0.25, -0.2) is 4.57 Å². The van der Waals surface area contributed by atoms with Crippen LogP contribution in [-0.2, 0) is 28.2 Å². The lowest BCUT2D eigenvalue weighted by Gasteiger charge is -2.18. The molecule has 0 aliphatic rings. The molecule has 0 aromatic rings. The first-order valence-electron chi connectivity index (χ1n) is 20.0. The first kappa shape index (κ1) is 50.2. The molecule has 0 aliphatic carbocycles. The Kier molecular flexibility index (Phi) is 36.8. The van der Waals surface area contributed by atoms with Crippen molar-refractivity contribution in [1.29, 1.82) is 0 Å². The van der Waals surface area contributed by atoms with E-state index >= 15 is 0 Å². The molecule has 0 aromatic carbocycles. The number of esters is 2. The van der Waals surface area contributed by atoms with Gasteiger partial charge in [-0.05, 0) is 96.3 Å². The van der Waals surface area contributed by atoms with Gasteiger partial charge in [0.05, 0.1) is 6.61 Å². The Morgan fingerprint density at radius 1 is 0.528 bits per heavy atom. The van der Waals surface area contributed by atoms with Gasteiger partial charge in [-0.3, -0.25) is 14.1 Å². The van der Waals surface area contributed by atoms with Gasteiger partial charge < -0.3 is 24.4 Å². The number of carbonyl (C=O) groups excluding carboxylic acids is 2. The van der Waals surface area contributed by atoms with Gasteiger partial charge in [-0.1, -0.05) is 124 Å². The fourth-order valence-electron chi connectivity index (χ4n) is 4.94. The topological polar surface area (TPSA) is 140 Å². The van der Waals surface area contributed by atoms with Crippen molar-refractivity contribution in [2.45, 2.75) is 154 Å². The van der Waals surface area contributed by atoms with Gasteiger partial charge in [-0.15, -0.1) is 0 Å². The summed E-state index contributed by atoms with van der Waals surface area (Å²) in [5, 5.41) is 8.77. The summed E-state index contributed by atoms with van der Waals surface area (Å²) < 4.78 is 26.3. The summed E-state index contributed by atoms with van der Waals surface area (Å²) in [6.07, 6.45) is 48.9. The predicted octanol–water partition coefficient (Wildman–Crippen LogP) is 11.0. The van der Waals surface area contributed by atoms with E-state index in [0.29, 0.717) is 19.3 Å². The van der Waals surface area contributed by atoms with E-state index in [1.807, 2.05) is 12.2 Å². The molecule has 53 heavy (non-hydrogen) atoms. The van der Waals surface area contributed by atoms with Crippen LogP contribution in [0, 0.1) is 0 Å². The summed E-state index contributed by atoms with van der Waals surface area (Å²) in [6, 6.07) is 0. The first-order chi connectivity index (χ1) is 25.8. The highest BCUT2D eigenvalue weighted by Gasteiger charge is 2.22. The van der Waals surface area contributed by atoms with Gasteiger partial charge in [0.15, 0.2) is 6.10 Å². The Hall–Kier alpha value is -2.81. The molecule has 0 spiro atoms. The Balaban J connectivity index is 4.11. The van der Waals surface area contributed by atoms with Crippen LogP contribution < -0.4 is 0 Å². The average molecular weight is 763 g/mol. The van der Waals surface area contributed by atoms with Gasteiger partial charge in [0.25, 0.3) is 0 Å². The molecule has 3 N–H and O–H groups in total. The number of hydrogen-bond acceptors (Lipinski definition) is 7. The zero-order valence-corrected chi connectivity index (χ0v) is 33.5. The molecule has 0 aromatic heterocycles. The van der Waals surface area contributed by atoms with E-state index in [4.69, 9.17) is 24.4 Å². The molecule has 9 nitrogen and oxygen atoms in total. The van der Waals surface area contributed by atoms with Crippen LogP contribution in [0.15, 0.2) is 85.1 Å². The Morgan fingerprint density at radius 3 is 1.42 bits per heavy atom. The maximum absolute atomic E-state index is 12.4. The number of rotatable bonds is 36. The van der Waals surface area contributed by atoms with Crippen molar-refractivity contribution < 1.29 is 43.0 Å². The molecule has 0 amide bonds.